The van der Waals surface area contributed by atoms with Crippen molar-refractivity contribution in [1.29, 1.82) is 0 Å². The van der Waals surface area contributed by atoms with E-state index >= 15 is 0 Å². The van der Waals surface area contributed by atoms with Crippen molar-refractivity contribution in [3.8, 4) is 0 Å². The van der Waals surface area contributed by atoms with Crippen LogP contribution in [0.1, 0.15) is 43.2 Å². The van der Waals surface area contributed by atoms with Gasteiger partial charge in [-0.05, 0) is 49.3 Å². The lowest BCUT2D eigenvalue weighted by Crippen LogP contribution is -2.59. The molecular weight excluding hydrogens is 502 g/mol. The zero-order valence-corrected chi connectivity index (χ0v) is 23.7. The van der Waals surface area contributed by atoms with Crippen molar-refractivity contribution in [2.75, 3.05) is 99.0 Å². The molecule has 1 saturated carbocycles. The molecule has 3 aliphatic rings. The van der Waals surface area contributed by atoms with Crippen LogP contribution in [-0.2, 0) is 40.3 Å². The van der Waals surface area contributed by atoms with E-state index in [4.69, 9.17) is 38.6 Å². The summed E-state index contributed by atoms with van der Waals surface area (Å²) < 4.78 is 31.2. The zero-order valence-electron chi connectivity index (χ0n) is 23.7. The summed E-state index contributed by atoms with van der Waals surface area (Å²) in [6, 6.07) is 10.0. The van der Waals surface area contributed by atoms with Gasteiger partial charge in [-0.25, -0.2) is 0 Å². The number of ether oxygens (including phenoxy) is 6. The van der Waals surface area contributed by atoms with E-state index in [-0.39, 0.29) is 13.2 Å². The molecule has 0 unspecified atom stereocenters. The summed E-state index contributed by atoms with van der Waals surface area (Å²) in [5.74, 6) is 0.917. The van der Waals surface area contributed by atoms with Crippen LogP contribution in [0, 0.1) is 5.92 Å². The molecule has 3 atom stereocenters. The number of aliphatic hydroxyl groups excluding tert-OH is 2. The minimum Gasteiger partial charge on any atom is -0.394 e. The summed E-state index contributed by atoms with van der Waals surface area (Å²) in [4.78, 5) is 0. The predicted molar refractivity (Wildman–Crippen MR) is 149 cm³/mol. The maximum Gasteiger partial charge on any atom is 0.0701 e. The first kappa shape index (κ1) is 32.4. The first-order chi connectivity index (χ1) is 19.3. The van der Waals surface area contributed by atoms with E-state index < -0.39 is 0 Å². The second-order valence-electron chi connectivity index (χ2n) is 10.3. The van der Waals surface area contributed by atoms with E-state index in [1.54, 1.807) is 11.1 Å². The van der Waals surface area contributed by atoms with Crippen molar-refractivity contribution in [1.82, 2.24) is 5.32 Å². The van der Waals surface area contributed by atoms with Crippen LogP contribution in [0.3, 0.4) is 0 Å². The molecule has 1 aliphatic heterocycles. The molecule has 1 heterocycles. The van der Waals surface area contributed by atoms with Crippen molar-refractivity contribution in [3.63, 3.8) is 0 Å². The van der Waals surface area contributed by atoms with Crippen LogP contribution >= 0.6 is 0 Å². The Hall–Kier alpha value is -1.14. The highest BCUT2D eigenvalue weighted by Crippen LogP contribution is 2.53. The fraction of sp³-hybridized carbons (Fsp3) is 0.800. The van der Waals surface area contributed by atoms with Gasteiger partial charge in [-0.3, -0.25) is 0 Å². The Morgan fingerprint density at radius 1 is 0.667 bits per heavy atom. The Bertz CT molecular complexity index is 729. The van der Waals surface area contributed by atoms with Gasteiger partial charge in [0.25, 0.3) is 0 Å². The third-order valence-corrected chi connectivity index (χ3v) is 7.89. The molecule has 9 nitrogen and oxygen atoms in total. The Morgan fingerprint density at radius 2 is 1.18 bits per heavy atom. The highest BCUT2D eigenvalue weighted by molar-refractivity contribution is 5.41. The standard InChI is InChI=1S/C16H21N.C14H30O8/c1-2-6-13-12(5-1)11-15-14-7-3-4-8-16(13,14)9-10-17-15;15-1-3-17-5-7-19-9-11-21-13-14-22-12-10-20-8-6-18-4-2-16/h1-2,5-6,14-15,17H,3-4,7-11H2;15-16H,1-14H2/t14-,15+,16-;/m0./s1. The number of fused-ring (bicyclic) bond motifs is 1. The van der Waals surface area contributed by atoms with Gasteiger partial charge in [0.05, 0.1) is 92.5 Å². The lowest BCUT2D eigenvalue weighted by atomic mass is 9.53. The number of aliphatic hydroxyl groups is 2. The van der Waals surface area contributed by atoms with E-state index in [2.05, 4.69) is 29.6 Å². The van der Waals surface area contributed by atoms with Crippen LogP contribution < -0.4 is 5.32 Å². The lowest BCUT2D eigenvalue weighted by Gasteiger charge is -2.56. The van der Waals surface area contributed by atoms with Crippen molar-refractivity contribution in [2.24, 2.45) is 5.92 Å². The van der Waals surface area contributed by atoms with E-state index in [9.17, 15) is 0 Å². The van der Waals surface area contributed by atoms with Gasteiger partial charge in [-0.2, -0.15) is 0 Å². The molecule has 0 spiro atoms. The summed E-state index contributed by atoms with van der Waals surface area (Å²) >= 11 is 0. The van der Waals surface area contributed by atoms with Gasteiger partial charge in [-0.15, -0.1) is 0 Å². The lowest BCUT2D eigenvalue weighted by molar-refractivity contribution is -0.0194. The van der Waals surface area contributed by atoms with Crippen molar-refractivity contribution >= 4 is 0 Å². The van der Waals surface area contributed by atoms with Gasteiger partial charge in [-0.1, -0.05) is 37.1 Å². The van der Waals surface area contributed by atoms with Gasteiger partial charge >= 0.3 is 0 Å². The predicted octanol–water partition coefficient (Wildman–Crippen LogP) is 2.10. The van der Waals surface area contributed by atoms with E-state index in [1.165, 1.54) is 45.1 Å². The Balaban J connectivity index is 0.000000220. The summed E-state index contributed by atoms with van der Waals surface area (Å²) in [6.45, 7) is 7.04. The summed E-state index contributed by atoms with van der Waals surface area (Å²) in [5, 5.41) is 20.7. The molecule has 39 heavy (non-hydrogen) atoms. The largest absolute Gasteiger partial charge is 0.394 e. The summed E-state index contributed by atoms with van der Waals surface area (Å²) in [5.41, 5.74) is 3.88. The number of rotatable bonds is 19. The second kappa shape index (κ2) is 19.9. The van der Waals surface area contributed by atoms with Crippen molar-refractivity contribution < 1.29 is 38.6 Å². The highest BCUT2D eigenvalue weighted by Gasteiger charge is 2.51. The second-order valence-corrected chi connectivity index (χ2v) is 10.3. The molecule has 4 rings (SSSR count). The molecule has 1 saturated heterocycles. The molecule has 2 aliphatic carbocycles. The summed E-state index contributed by atoms with van der Waals surface area (Å²) in [6.07, 6.45) is 8.41. The molecule has 2 fully saturated rings. The maximum absolute atomic E-state index is 8.48. The topological polar surface area (TPSA) is 108 Å². The molecular formula is C30H51NO8. The van der Waals surface area contributed by atoms with Crippen LogP contribution in [0.25, 0.3) is 0 Å². The molecule has 224 valence electrons. The molecule has 3 N–H and O–H groups in total. The molecule has 9 heteroatoms. The fourth-order valence-corrected chi connectivity index (χ4v) is 6.22. The third-order valence-electron chi connectivity index (χ3n) is 7.89. The zero-order chi connectivity index (χ0) is 27.4. The van der Waals surface area contributed by atoms with Crippen molar-refractivity contribution in [2.45, 2.75) is 50.0 Å². The van der Waals surface area contributed by atoms with Gasteiger partial charge in [0, 0.05) is 11.5 Å². The van der Waals surface area contributed by atoms with Gasteiger partial charge < -0.3 is 44.0 Å². The fourth-order valence-electron chi connectivity index (χ4n) is 6.22. The number of hydrogen-bond donors (Lipinski definition) is 3. The van der Waals surface area contributed by atoms with Crippen LogP contribution in [0.15, 0.2) is 24.3 Å². The Kier molecular flexibility index (Phi) is 16.5. The SMILES string of the molecule is OCCOCCOCCOCCOCCOCCOCCO.c1ccc2c(c1)C[C@H]1NCC[C@@]23CCCC[C@@H]13. The molecule has 1 aromatic carbocycles. The smallest absolute Gasteiger partial charge is 0.0701 e. The molecule has 2 bridgehead atoms. The maximum atomic E-state index is 8.48. The monoisotopic (exact) mass is 553 g/mol. The summed E-state index contributed by atoms with van der Waals surface area (Å²) in [7, 11) is 0. The molecule has 1 aromatic rings. The van der Waals surface area contributed by atoms with Crippen LogP contribution in [-0.4, -0.2) is 115 Å². The first-order valence-electron chi connectivity index (χ1n) is 14.8. The molecule has 0 aromatic heterocycles. The number of hydrogen-bond acceptors (Lipinski definition) is 9. The number of piperidine rings is 1. The normalized spacial score (nSPS) is 23.4. The Labute approximate surface area is 234 Å². The van der Waals surface area contributed by atoms with Gasteiger partial charge in [0.2, 0.25) is 0 Å². The van der Waals surface area contributed by atoms with E-state index in [1.807, 2.05) is 0 Å². The first-order valence-corrected chi connectivity index (χ1v) is 14.8. The third kappa shape index (κ3) is 11.0. The van der Waals surface area contributed by atoms with E-state index in [0.29, 0.717) is 84.7 Å². The number of nitrogens with one attached hydrogen (secondary N) is 1. The highest BCUT2D eigenvalue weighted by atomic mass is 16.6. The number of benzene rings is 1. The van der Waals surface area contributed by atoms with Gasteiger partial charge in [0.15, 0.2) is 0 Å². The molecule has 0 amide bonds. The molecule has 0 radical (unpaired) electrons. The van der Waals surface area contributed by atoms with E-state index in [0.717, 1.165) is 12.0 Å². The quantitative estimate of drug-likeness (QED) is 0.222. The minimum absolute atomic E-state index is 0.0334. The average molecular weight is 554 g/mol. The minimum atomic E-state index is 0.0334. The average Bonchev–Trinajstić information content (AvgIpc) is 2.97. The van der Waals surface area contributed by atoms with Crippen molar-refractivity contribution in [3.05, 3.63) is 35.4 Å². The van der Waals surface area contributed by atoms with Gasteiger partial charge in [0.1, 0.15) is 0 Å². The van der Waals surface area contributed by atoms with Crippen LogP contribution in [0.5, 0.6) is 0 Å². The van der Waals surface area contributed by atoms with Crippen LogP contribution in [0.4, 0.5) is 0 Å². The Morgan fingerprint density at radius 3 is 1.72 bits per heavy atom. The van der Waals surface area contributed by atoms with Crippen LogP contribution in [0.2, 0.25) is 0 Å².